The molecule has 24 heavy (non-hydrogen) atoms. The average Bonchev–Trinajstić information content (AvgIpc) is 2.93. The van der Waals surface area contributed by atoms with Crippen molar-refractivity contribution in [3.05, 3.63) is 35.4 Å². The first-order valence-corrected chi connectivity index (χ1v) is 8.67. The monoisotopic (exact) mass is 331 g/mol. The molecule has 1 aliphatic carbocycles. The molecule has 1 aliphatic heterocycles. The summed E-state index contributed by atoms with van der Waals surface area (Å²) in [7, 11) is 5.43. The smallest absolute Gasteiger partial charge is 0.163 e. The van der Waals surface area contributed by atoms with Crippen molar-refractivity contribution in [2.45, 2.75) is 45.1 Å². The maximum absolute atomic E-state index is 11.9. The van der Waals surface area contributed by atoms with Crippen LogP contribution in [-0.2, 0) is 10.2 Å². The highest BCUT2D eigenvalue weighted by Crippen LogP contribution is 2.47. The van der Waals surface area contributed by atoms with E-state index in [-0.39, 0.29) is 17.2 Å². The molecule has 1 aromatic rings. The Balaban J connectivity index is 0.00000100. The summed E-state index contributed by atoms with van der Waals surface area (Å²) >= 11 is 0. The van der Waals surface area contributed by atoms with Gasteiger partial charge in [-0.1, -0.05) is 26.0 Å². The summed E-state index contributed by atoms with van der Waals surface area (Å²) < 4.78 is 11.0. The Kier molecular flexibility index (Phi) is 5.70. The van der Waals surface area contributed by atoms with E-state index in [1.807, 2.05) is 20.8 Å². The molecule has 2 aliphatic rings. The zero-order valence-corrected chi connectivity index (χ0v) is 15.7. The fourth-order valence-corrected chi connectivity index (χ4v) is 3.97. The van der Waals surface area contributed by atoms with Crippen LogP contribution in [0.1, 0.15) is 37.8 Å². The van der Waals surface area contributed by atoms with Gasteiger partial charge < -0.3 is 14.4 Å². The second kappa shape index (κ2) is 7.39. The van der Waals surface area contributed by atoms with E-state index in [1.54, 1.807) is 20.3 Å². The molecule has 0 N–H and O–H groups in total. The number of ether oxygens (including phenoxy) is 2. The van der Waals surface area contributed by atoms with Gasteiger partial charge in [0.25, 0.3) is 0 Å². The highest BCUT2D eigenvalue weighted by molar-refractivity contribution is 5.92. The molecule has 2 unspecified atom stereocenters. The molecule has 0 spiro atoms. The number of hydrogen-bond acceptors (Lipinski definition) is 4. The second-order valence-corrected chi connectivity index (χ2v) is 6.32. The summed E-state index contributed by atoms with van der Waals surface area (Å²) in [5, 5.41) is 0. The van der Waals surface area contributed by atoms with Gasteiger partial charge in [0.15, 0.2) is 17.3 Å². The Morgan fingerprint density at radius 3 is 2.54 bits per heavy atom. The van der Waals surface area contributed by atoms with Crippen molar-refractivity contribution in [1.82, 2.24) is 4.90 Å². The third kappa shape index (κ3) is 2.95. The number of nitrogens with zero attached hydrogens (tertiary/aromatic N) is 1. The van der Waals surface area contributed by atoms with Crippen LogP contribution < -0.4 is 9.47 Å². The fraction of sp³-hybridized carbons (Fsp3) is 0.550. The first-order chi connectivity index (χ1) is 11.5. The summed E-state index contributed by atoms with van der Waals surface area (Å²) in [4.78, 5) is 14.2. The molecule has 0 aromatic heterocycles. The van der Waals surface area contributed by atoms with Crippen LogP contribution in [-0.4, -0.2) is 44.5 Å². The van der Waals surface area contributed by atoms with Crippen LogP contribution in [0.3, 0.4) is 0 Å². The van der Waals surface area contributed by atoms with Crippen LogP contribution in [0, 0.1) is 6.92 Å². The lowest BCUT2D eigenvalue weighted by Crippen LogP contribution is -2.43. The number of aryl methyl sites for hydroxylation is 1. The Labute approximate surface area is 145 Å². The van der Waals surface area contributed by atoms with E-state index in [0.29, 0.717) is 6.42 Å². The molecule has 0 radical (unpaired) electrons. The van der Waals surface area contributed by atoms with Crippen LogP contribution >= 0.6 is 0 Å². The predicted molar refractivity (Wildman–Crippen MR) is 97.1 cm³/mol. The third-order valence-electron chi connectivity index (χ3n) is 5.17. The number of benzene rings is 1. The quantitative estimate of drug-likeness (QED) is 0.850. The largest absolute Gasteiger partial charge is 0.493 e. The molecule has 0 bridgehead atoms. The normalized spacial score (nSPS) is 25.8. The van der Waals surface area contributed by atoms with Crippen LogP contribution in [0.25, 0.3) is 0 Å². The number of carbonyl (C=O) groups excluding carboxylic acids is 1. The van der Waals surface area contributed by atoms with Crippen molar-refractivity contribution in [2.24, 2.45) is 0 Å². The van der Waals surface area contributed by atoms with E-state index in [0.717, 1.165) is 30.0 Å². The van der Waals surface area contributed by atoms with Crippen molar-refractivity contribution in [2.75, 3.05) is 27.8 Å². The van der Waals surface area contributed by atoms with Gasteiger partial charge in [-0.2, -0.15) is 0 Å². The average molecular weight is 331 g/mol. The summed E-state index contributed by atoms with van der Waals surface area (Å²) in [5.41, 5.74) is 2.16. The molecule has 4 nitrogen and oxygen atoms in total. The number of methoxy groups -OCH3 is 2. The number of rotatable bonds is 3. The van der Waals surface area contributed by atoms with Crippen LogP contribution in [0.4, 0.5) is 0 Å². The Hall–Kier alpha value is -1.81. The topological polar surface area (TPSA) is 38.8 Å². The summed E-state index contributed by atoms with van der Waals surface area (Å²) in [5.74, 6) is 1.75. The molecular formula is C20H29NO3. The summed E-state index contributed by atoms with van der Waals surface area (Å²) in [6, 6.07) is 4.47. The summed E-state index contributed by atoms with van der Waals surface area (Å²) in [6.07, 6.45) is 5.46. The van der Waals surface area contributed by atoms with E-state index in [1.165, 1.54) is 5.56 Å². The maximum atomic E-state index is 11.9. The first kappa shape index (κ1) is 18.5. The van der Waals surface area contributed by atoms with Gasteiger partial charge in [-0.05, 0) is 50.2 Å². The molecule has 1 fully saturated rings. The second-order valence-electron chi connectivity index (χ2n) is 6.32. The third-order valence-corrected chi connectivity index (χ3v) is 5.17. The van der Waals surface area contributed by atoms with E-state index in [9.17, 15) is 4.79 Å². The van der Waals surface area contributed by atoms with Gasteiger partial charge >= 0.3 is 0 Å². The molecule has 3 rings (SSSR count). The fourth-order valence-electron chi connectivity index (χ4n) is 3.97. The van der Waals surface area contributed by atoms with Crippen molar-refractivity contribution >= 4 is 5.78 Å². The molecule has 4 heteroatoms. The number of ketones is 1. The number of carbonyl (C=O) groups is 1. The Morgan fingerprint density at radius 2 is 1.92 bits per heavy atom. The number of likely N-dealkylation sites (tertiary alicyclic amines) is 1. The van der Waals surface area contributed by atoms with Crippen molar-refractivity contribution in [3.8, 4) is 11.5 Å². The molecule has 1 saturated heterocycles. The van der Waals surface area contributed by atoms with Crippen LogP contribution in [0.2, 0.25) is 0 Å². The van der Waals surface area contributed by atoms with Crippen molar-refractivity contribution in [1.29, 1.82) is 0 Å². The van der Waals surface area contributed by atoms with E-state index in [4.69, 9.17) is 9.47 Å². The lowest BCUT2D eigenvalue weighted by Gasteiger charge is -2.38. The molecule has 2 atom stereocenters. The van der Waals surface area contributed by atoms with Crippen molar-refractivity contribution < 1.29 is 14.3 Å². The Bertz CT molecular complexity index is 638. The Morgan fingerprint density at radius 1 is 1.21 bits per heavy atom. The van der Waals surface area contributed by atoms with Gasteiger partial charge in [0.2, 0.25) is 0 Å². The minimum absolute atomic E-state index is 0.104. The predicted octanol–water partition coefficient (Wildman–Crippen LogP) is 3.51. The molecule has 132 valence electrons. The number of fused-ring (bicyclic) bond motifs is 1. The van der Waals surface area contributed by atoms with Gasteiger partial charge in [-0.15, -0.1) is 0 Å². The van der Waals surface area contributed by atoms with Gasteiger partial charge in [0.1, 0.15) is 0 Å². The standard InChI is InChI=1S/C18H23NO3.C2H6/c1-12-9-13(10-15(21-3)17(12)22-4)18-6-5-14(20)11-16(18)19(2)8-7-18;1-2/h5-6,9-10,16H,7-8,11H2,1-4H3;1-2H3. The maximum Gasteiger partial charge on any atom is 0.163 e. The summed E-state index contributed by atoms with van der Waals surface area (Å²) in [6.45, 7) is 7.03. The highest BCUT2D eigenvalue weighted by atomic mass is 16.5. The molecule has 1 aromatic carbocycles. The highest BCUT2D eigenvalue weighted by Gasteiger charge is 2.48. The van der Waals surface area contributed by atoms with Gasteiger partial charge in [0.05, 0.1) is 14.2 Å². The lowest BCUT2D eigenvalue weighted by atomic mass is 9.69. The minimum atomic E-state index is -0.104. The first-order valence-electron chi connectivity index (χ1n) is 8.67. The number of likely N-dealkylation sites (N-methyl/N-ethyl adjacent to an activating group) is 1. The van der Waals surface area contributed by atoms with E-state index in [2.05, 4.69) is 30.2 Å². The van der Waals surface area contributed by atoms with E-state index < -0.39 is 0 Å². The number of allylic oxidation sites excluding steroid dienone is 1. The number of hydrogen-bond donors (Lipinski definition) is 0. The van der Waals surface area contributed by atoms with Crippen LogP contribution in [0.5, 0.6) is 11.5 Å². The molecule has 0 amide bonds. The minimum Gasteiger partial charge on any atom is -0.493 e. The SMILES string of the molecule is CC.COc1cc(C23C=CC(=O)CC2N(C)CC3)cc(C)c1OC. The molecule has 1 heterocycles. The zero-order valence-electron chi connectivity index (χ0n) is 15.7. The van der Waals surface area contributed by atoms with E-state index >= 15 is 0 Å². The van der Waals surface area contributed by atoms with Gasteiger partial charge in [0, 0.05) is 17.9 Å². The molecule has 0 saturated carbocycles. The van der Waals surface area contributed by atoms with Crippen molar-refractivity contribution in [3.63, 3.8) is 0 Å². The zero-order chi connectivity index (χ0) is 17.9. The van der Waals surface area contributed by atoms with Crippen LogP contribution in [0.15, 0.2) is 24.3 Å². The van der Waals surface area contributed by atoms with Gasteiger partial charge in [-0.25, -0.2) is 0 Å². The lowest BCUT2D eigenvalue weighted by molar-refractivity contribution is -0.116. The van der Waals surface area contributed by atoms with Gasteiger partial charge in [-0.3, -0.25) is 4.79 Å². The molecular weight excluding hydrogens is 302 g/mol.